The summed E-state index contributed by atoms with van der Waals surface area (Å²) in [6.45, 7) is 6.37. The predicted molar refractivity (Wildman–Crippen MR) is 64.0 cm³/mol. The standard InChI is InChI=1S/C11H20N2O5/c1-11(2,3)18-10(14)12-6-7-17-8-9(12)4-5-13(15)16/h9H,4-8H2,1-3H3. The van der Waals surface area contributed by atoms with Crippen molar-refractivity contribution in [3.05, 3.63) is 10.1 Å². The minimum Gasteiger partial charge on any atom is -0.444 e. The van der Waals surface area contributed by atoms with Gasteiger partial charge in [0, 0.05) is 17.9 Å². The van der Waals surface area contributed by atoms with Crippen molar-refractivity contribution in [1.29, 1.82) is 0 Å². The molecule has 0 radical (unpaired) electrons. The van der Waals surface area contributed by atoms with Crippen molar-refractivity contribution < 1.29 is 19.2 Å². The van der Waals surface area contributed by atoms with E-state index in [4.69, 9.17) is 9.47 Å². The fourth-order valence-corrected chi connectivity index (χ4v) is 1.71. The first-order chi connectivity index (χ1) is 8.29. The second-order valence-corrected chi connectivity index (χ2v) is 5.25. The predicted octanol–water partition coefficient (Wildman–Crippen LogP) is 1.29. The molecule has 1 aliphatic heterocycles. The number of amides is 1. The van der Waals surface area contributed by atoms with Crippen LogP contribution in [0.4, 0.5) is 4.79 Å². The lowest BCUT2D eigenvalue weighted by molar-refractivity contribution is -0.481. The Hall–Kier alpha value is -1.37. The molecular formula is C11H20N2O5. The summed E-state index contributed by atoms with van der Waals surface area (Å²) in [7, 11) is 0. The topological polar surface area (TPSA) is 81.9 Å². The normalized spacial score (nSPS) is 20.6. The number of nitrogens with zero attached hydrogens (tertiary/aromatic N) is 2. The van der Waals surface area contributed by atoms with Crippen LogP contribution in [0, 0.1) is 10.1 Å². The molecule has 0 aromatic carbocycles. The monoisotopic (exact) mass is 260 g/mol. The molecule has 0 aromatic rings. The number of rotatable bonds is 3. The van der Waals surface area contributed by atoms with E-state index >= 15 is 0 Å². The van der Waals surface area contributed by atoms with E-state index in [1.54, 1.807) is 20.8 Å². The number of carbonyl (C=O) groups excluding carboxylic acids is 1. The quantitative estimate of drug-likeness (QED) is 0.564. The van der Waals surface area contributed by atoms with Crippen LogP contribution in [0.2, 0.25) is 0 Å². The van der Waals surface area contributed by atoms with Gasteiger partial charge in [-0.1, -0.05) is 0 Å². The smallest absolute Gasteiger partial charge is 0.410 e. The zero-order chi connectivity index (χ0) is 13.8. The van der Waals surface area contributed by atoms with Crippen molar-refractivity contribution in [2.24, 2.45) is 0 Å². The summed E-state index contributed by atoms with van der Waals surface area (Å²) in [6, 6.07) is -0.279. The molecule has 1 saturated heterocycles. The van der Waals surface area contributed by atoms with Gasteiger partial charge in [-0.05, 0) is 20.8 Å². The summed E-state index contributed by atoms with van der Waals surface area (Å²) in [6.07, 6.45) is -0.147. The Balaban J connectivity index is 2.58. The Morgan fingerprint density at radius 2 is 2.22 bits per heavy atom. The summed E-state index contributed by atoms with van der Waals surface area (Å²) in [5, 5.41) is 10.4. The molecule has 7 nitrogen and oxygen atoms in total. The van der Waals surface area contributed by atoms with Gasteiger partial charge in [0.1, 0.15) is 5.60 Å². The Kier molecular flexibility index (Phi) is 4.89. The first kappa shape index (κ1) is 14.7. The summed E-state index contributed by atoms with van der Waals surface area (Å²) in [5.41, 5.74) is -0.566. The van der Waals surface area contributed by atoms with Crippen LogP contribution in [-0.4, -0.2) is 53.9 Å². The molecular weight excluding hydrogens is 240 g/mol. The summed E-state index contributed by atoms with van der Waals surface area (Å²) < 4.78 is 10.5. The number of hydrogen-bond acceptors (Lipinski definition) is 5. The maximum absolute atomic E-state index is 11.9. The van der Waals surface area contributed by atoms with Gasteiger partial charge in [-0.25, -0.2) is 4.79 Å². The third-order valence-corrected chi connectivity index (χ3v) is 2.50. The molecule has 0 N–H and O–H groups in total. The zero-order valence-corrected chi connectivity index (χ0v) is 11.0. The highest BCUT2D eigenvalue weighted by Gasteiger charge is 2.31. The number of morpholine rings is 1. The van der Waals surface area contributed by atoms with E-state index in [9.17, 15) is 14.9 Å². The summed E-state index contributed by atoms with van der Waals surface area (Å²) >= 11 is 0. The Morgan fingerprint density at radius 3 is 2.78 bits per heavy atom. The summed E-state index contributed by atoms with van der Waals surface area (Å²) in [5.74, 6) is 0. The SMILES string of the molecule is CC(C)(C)OC(=O)N1CCOCC1CC[N+](=O)[O-]. The van der Waals surface area contributed by atoms with Crippen LogP contribution in [-0.2, 0) is 9.47 Å². The van der Waals surface area contributed by atoms with Crippen molar-refractivity contribution in [1.82, 2.24) is 4.90 Å². The van der Waals surface area contributed by atoms with Crippen molar-refractivity contribution in [2.45, 2.75) is 38.8 Å². The zero-order valence-electron chi connectivity index (χ0n) is 11.0. The van der Waals surface area contributed by atoms with E-state index in [1.807, 2.05) is 0 Å². The molecule has 104 valence electrons. The van der Waals surface area contributed by atoms with Gasteiger partial charge in [-0.15, -0.1) is 0 Å². The van der Waals surface area contributed by atoms with Crippen LogP contribution in [0.15, 0.2) is 0 Å². The van der Waals surface area contributed by atoms with Gasteiger partial charge in [0.25, 0.3) is 0 Å². The van der Waals surface area contributed by atoms with Crippen molar-refractivity contribution in [3.8, 4) is 0 Å². The van der Waals surface area contributed by atoms with Crippen LogP contribution in [0.25, 0.3) is 0 Å². The Morgan fingerprint density at radius 1 is 1.56 bits per heavy atom. The Bertz CT molecular complexity index is 313. The van der Waals surface area contributed by atoms with Gasteiger partial charge in [0.05, 0.1) is 19.3 Å². The maximum Gasteiger partial charge on any atom is 0.410 e. The third kappa shape index (κ3) is 4.87. The minimum atomic E-state index is -0.566. The molecule has 0 aromatic heterocycles. The van der Waals surface area contributed by atoms with E-state index in [0.29, 0.717) is 19.8 Å². The molecule has 1 unspecified atom stereocenters. The van der Waals surface area contributed by atoms with Gasteiger partial charge < -0.3 is 14.4 Å². The number of ether oxygens (including phenoxy) is 2. The fraction of sp³-hybridized carbons (Fsp3) is 0.909. The van der Waals surface area contributed by atoms with Gasteiger partial charge >= 0.3 is 6.09 Å². The van der Waals surface area contributed by atoms with E-state index in [0.717, 1.165) is 0 Å². The highest BCUT2D eigenvalue weighted by atomic mass is 16.6. The molecule has 0 aliphatic carbocycles. The molecule has 7 heteroatoms. The van der Waals surface area contributed by atoms with E-state index < -0.39 is 11.7 Å². The fourth-order valence-electron chi connectivity index (χ4n) is 1.71. The minimum absolute atomic E-state index is 0.173. The lowest BCUT2D eigenvalue weighted by Gasteiger charge is -2.36. The molecule has 1 fully saturated rings. The lowest BCUT2D eigenvalue weighted by atomic mass is 10.1. The average Bonchev–Trinajstić information content (AvgIpc) is 2.24. The van der Waals surface area contributed by atoms with E-state index in [2.05, 4.69) is 0 Å². The van der Waals surface area contributed by atoms with Crippen LogP contribution >= 0.6 is 0 Å². The second-order valence-electron chi connectivity index (χ2n) is 5.25. The maximum atomic E-state index is 11.9. The first-order valence-corrected chi connectivity index (χ1v) is 5.99. The van der Waals surface area contributed by atoms with E-state index in [-0.39, 0.29) is 23.9 Å². The highest BCUT2D eigenvalue weighted by molar-refractivity contribution is 5.68. The van der Waals surface area contributed by atoms with Crippen molar-refractivity contribution >= 4 is 6.09 Å². The van der Waals surface area contributed by atoms with Gasteiger partial charge in [0.2, 0.25) is 6.54 Å². The molecule has 0 saturated carbocycles. The van der Waals surface area contributed by atoms with Gasteiger partial charge in [-0.2, -0.15) is 0 Å². The van der Waals surface area contributed by atoms with Crippen LogP contribution in [0.3, 0.4) is 0 Å². The first-order valence-electron chi connectivity index (χ1n) is 5.99. The van der Waals surface area contributed by atoms with Crippen LogP contribution in [0.1, 0.15) is 27.2 Å². The lowest BCUT2D eigenvalue weighted by Crippen LogP contribution is -2.50. The molecule has 1 atom stereocenters. The number of nitro groups is 1. The van der Waals surface area contributed by atoms with Crippen molar-refractivity contribution in [2.75, 3.05) is 26.3 Å². The van der Waals surface area contributed by atoms with Crippen LogP contribution < -0.4 is 0 Å². The molecule has 1 amide bonds. The molecule has 1 rings (SSSR count). The largest absolute Gasteiger partial charge is 0.444 e. The molecule has 0 spiro atoms. The molecule has 18 heavy (non-hydrogen) atoms. The highest BCUT2D eigenvalue weighted by Crippen LogP contribution is 2.16. The number of carbonyl (C=O) groups is 1. The Labute approximate surface area is 106 Å². The molecule has 1 aliphatic rings. The van der Waals surface area contributed by atoms with Crippen LogP contribution in [0.5, 0.6) is 0 Å². The van der Waals surface area contributed by atoms with Gasteiger partial charge in [-0.3, -0.25) is 10.1 Å². The molecule has 1 heterocycles. The second kappa shape index (κ2) is 5.99. The van der Waals surface area contributed by atoms with Crippen molar-refractivity contribution in [3.63, 3.8) is 0 Å². The molecule has 0 bridgehead atoms. The summed E-state index contributed by atoms with van der Waals surface area (Å²) in [4.78, 5) is 23.5. The van der Waals surface area contributed by atoms with Gasteiger partial charge in [0.15, 0.2) is 0 Å². The third-order valence-electron chi connectivity index (χ3n) is 2.50. The average molecular weight is 260 g/mol. The number of hydrogen-bond donors (Lipinski definition) is 0. The van der Waals surface area contributed by atoms with E-state index in [1.165, 1.54) is 4.90 Å².